The van der Waals surface area contributed by atoms with E-state index >= 15 is 0 Å². The van der Waals surface area contributed by atoms with E-state index in [-0.39, 0.29) is 5.69 Å². The van der Waals surface area contributed by atoms with Gasteiger partial charge in [0.2, 0.25) is 0 Å². The molecule has 0 radical (unpaired) electrons. The van der Waals surface area contributed by atoms with Crippen LogP contribution in [0.3, 0.4) is 0 Å². The molecule has 2 N–H and O–H groups in total. The minimum atomic E-state index is -4.43. The summed E-state index contributed by atoms with van der Waals surface area (Å²) in [6.07, 6.45) is -2.23. The fourth-order valence-electron chi connectivity index (χ4n) is 2.04. The van der Waals surface area contributed by atoms with Gasteiger partial charge in [0.15, 0.2) is 0 Å². The molecule has 2 atom stereocenters. The maximum atomic E-state index is 12.6. The molecular weight excluding hydrogens is 243 g/mol. The van der Waals surface area contributed by atoms with Gasteiger partial charge in [0.05, 0.1) is 17.6 Å². The summed E-state index contributed by atoms with van der Waals surface area (Å²) in [7, 11) is 1.76. The zero-order valence-corrected chi connectivity index (χ0v) is 10.3. The Labute approximate surface area is 104 Å². The van der Waals surface area contributed by atoms with Crippen LogP contribution in [0.25, 0.3) is 0 Å². The molecule has 2 unspecified atom stereocenters. The monoisotopic (exact) mass is 259 g/mol. The molecule has 1 aliphatic carbocycles. The third-order valence-corrected chi connectivity index (χ3v) is 3.40. The Morgan fingerprint density at radius 3 is 2.61 bits per heavy atom. The van der Waals surface area contributed by atoms with E-state index < -0.39 is 11.9 Å². The van der Waals surface area contributed by atoms with E-state index in [1.807, 2.05) is 0 Å². The second-order valence-electron chi connectivity index (χ2n) is 4.98. The second-order valence-corrected chi connectivity index (χ2v) is 4.98. The van der Waals surface area contributed by atoms with Crippen LogP contribution in [0.5, 0.6) is 0 Å². The number of rotatable bonds is 3. The summed E-state index contributed by atoms with van der Waals surface area (Å²) in [6, 6.07) is 1.02. The molecule has 0 aliphatic heterocycles. The first-order valence-electron chi connectivity index (χ1n) is 5.83. The molecule has 1 saturated carbocycles. The molecule has 0 spiro atoms. The van der Waals surface area contributed by atoms with Gasteiger partial charge < -0.3 is 10.6 Å². The molecule has 0 saturated heterocycles. The number of aromatic nitrogens is 1. The van der Waals surface area contributed by atoms with Crippen molar-refractivity contribution in [2.75, 3.05) is 24.2 Å². The second kappa shape index (κ2) is 4.33. The van der Waals surface area contributed by atoms with Gasteiger partial charge in [-0.25, -0.2) is 4.98 Å². The Morgan fingerprint density at radius 1 is 1.50 bits per heavy atom. The minimum absolute atomic E-state index is 0.277. The SMILES string of the molecule is CC1CC1CN(C)c1cc(C(F)(F)F)ncc1N. The molecule has 100 valence electrons. The maximum absolute atomic E-state index is 12.6. The minimum Gasteiger partial charge on any atom is -0.396 e. The molecule has 1 fully saturated rings. The molecule has 1 aromatic rings. The van der Waals surface area contributed by atoms with Crippen LogP contribution < -0.4 is 10.6 Å². The lowest BCUT2D eigenvalue weighted by atomic mass is 10.2. The molecule has 2 rings (SSSR count). The Hall–Kier alpha value is -1.46. The highest BCUT2D eigenvalue weighted by molar-refractivity contribution is 5.66. The van der Waals surface area contributed by atoms with Gasteiger partial charge in [-0.15, -0.1) is 0 Å². The third kappa shape index (κ3) is 2.68. The van der Waals surface area contributed by atoms with E-state index in [0.29, 0.717) is 17.5 Å². The van der Waals surface area contributed by atoms with E-state index in [0.717, 1.165) is 25.2 Å². The number of nitrogens with zero attached hydrogens (tertiary/aromatic N) is 2. The van der Waals surface area contributed by atoms with E-state index in [4.69, 9.17) is 5.73 Å². The van der Waals surface area contributed by atoms with Crippen molar-refractivity contribution in [2.24, 2.45) is 11.8 Å². The first-order valence-corrected chi connectivity index (χ1v) is 5.83. The Kier molecular flexibility index (Phi) is 3.12. The van der Waals surface area contributed by atoms with Crippen molar-refractivity contribution in [1.82, 2.24) is 4.98 Å². The van der Waals surface area contributed by atoms with Crippen molar-refractivity contribution in [2.45, 2.75) is 19.5 Å². The number of pyridine rings is 1. The van der Waals surface area contributed by atoms with E-state index in [2.05, 4.69) is 11.9 Å². The lowest BCUT2D eigenvalue weighted by molar-refractivity contribution is -0.141. The average Bonchev–Trinajstić information content (AvgIpc) is 2.92. The first-order chi connectivity index (χ1) is 8.29. The summed E-state index contributed by atoms with van der Waals surface area (Å²) >= 11 is 0. The van der Waals surface area contributed by atoms with Gasteiger partial charge in [-0.1, -0.05) is 6.92 Å². The zero-order valence-electron chi connectivity index (χ0n) is 10.3. The predicted octanol–water partition coefficient (Wildman–Crippen LogP) is 2.77. The standard InChI is InChI=1S/C12H16F3N3/c1-7-3-8(7)6-18(2)10-4-11(12(13,14)15)17-5-9(10)16/h4-5,7-8H,3,6,16H2,1-2H3. The van der Waals surface area contributed by atoms with Crippen LogP contribution in [-0.2, 0) is 6.18 Å². The molecule has 0 amide bonds. The summed E-state index contributed by atoms with van der Waals surface area (Å²) in [5, 5.41) is 0. The quantitative estimate of drug-likeness (QED) is 0.907. The van der Waals surface area contributed by atoms with Gasteiger partial charge >= 0.3 is 6.18 Å². The Morgan fingerprint density at radius 2 is 2.11 bits per heavy atom. The highest BCUT2D eigenvalue weighted by atomic mass is 19.4. The average molecular weight is 259 g/mol. The van der Waals surface area contributed by atoms with Crippen molar-refractivity contribution < 1.29 is 13.2 Å². The van der Waals surface area contributed by atoms with Crippen LogP contribution >= 0.6 is 0 Å². The van der Waals surface area contributed by atoms with Gasteiger partial charge in [0, 0.05) is 13.6 Å². The maximum Gasteiger partial charge on any atom is 0.433 e. The van der Waals surface area contributed by atoms with Crippen molar-refractivity contribution >= 4 is 11.4 Å². The van der Waals surface area contributed by atoms with Crippen molar-refractivity contribution in [3.8, 4) is 0 Å². The van der Waals surface area contributed by atoms with Crippen LogP contribution in [0, 0.1) is 11.8 Å². The summed E-state index contributed by atoms with van der Waals surface area (Å²) < 4.78 is 37.7. The summed E-state index contributed by atoms with van der Waals surface area (Å²) in [5.74, 6) is 1.20. The highest BCUT2D eigenvalue weighted by Crippen LogP contribution is 2.40. The van der Waals surface area contributed by atoms with Gasteiger partial charge in [-0.3, -0.25) is 0 Å². The molecule has 1 heterocycles. The molecular formula is C12H16F3N3. The van der Waals surface area contributed by atoms with Gasteiger partial charge in [0.1, 0.15) is 5.69 Å². The predicted molar refractivity (Wildman–Crippen MR) is 64.2 cm³/mol. The largest absolute Gasteiger partial charge is 0.433 e. The van der Waals surface area contributed by atoms with Gasteiger partial charge in [-0.2, -0.15) is 13.2 Å². The molecule has 0 aromatic carbocycles. The van der Waals surface area contributed by atoms with Crippen LogP contribution in [0.1, 0.15) is 19.0 Å². The Bertz CT molecular complexity index is 445. The van der Waals surface area contributed by atoms with E-state index in [9.17, 15) is 13.2 Å². The van der Waals surface area contributed by atoms with Crippen LogP contribution in [-0.4, -0.2) is 18.6 Å². The molecule has 1 aromatic heterocycles. The van der Waals surface area contributed by atoms with E-state index in [1.165, 1.54) is 0 Å². The number of nitrogens with two attached hydrogens (primary N) is 1. The number of nitrogen functional groups attached to an aromatic ring is 1. The summed E-state index contributed by atoms with van der Waals surface area (Å²) in [6.45, 7) is 2.86. The summed E-state index contributed by atoms with van der Waals surface area (Å²) in [4.78, 5) is 5.10. The number of hydrogen-bond acceptors (Lipinski definition) is 3. The topological polar surface area (TPSA) is 42.2 Å². The molecule has 1 aliphatic rings. The van der Waals surface area contributed by atoms with Crippen LogP contribution in [0.2, 0.25) is 0 Å². The fraction of sp³-hybridized carbons (Fsp3) is 0.583. The summed E-state index contributed by atoms with van der Waals surface area (Å²) in [5.41, 5.74) is 5.47. The first kappa shape index (κ1) is 13.0. The normalized spacial score (nSPS) is 22.9. The molecule has 6 heteroatoms. The smallest absolute Gasteiger partial charge is 0.396 e. The van der Waals surface area contributed by atoms with Crippen molar-refractivity contribution in [3.05, 3.63) is 18.0 Å². The number of alkyl halides is 3. The number of anilines is 2. The molecule has 3 nitrogen and oxygen atoms in total. The number of halogens is 3. The van der Waals surface area contributed by atoms with Crippen LogP contribution in [0.4, 0.5) is 24.5 Å². The lowest BCUT2D eigenvalue weighted by Crippen LogP contribution is -2.22. The molecule has 18 heavy (non-hydrogen) atoms. The number of hydrogen-bond donors (Lipinski definition) is 1. The van der Waals surface area contributed by atoms with Crippen molar-refractivity contribution in [3.63, 3.8) is 0 Å². The highest BCUT2D eigenvalue weighted by Gasteiger charge is 2.35. The zero-order chi connectivity index (χ0) is 13.5. The molecule has 0 bridgehead atoms. The van der Waals surface area contributed by atoms with Gasteiger partial charge in [0.25, 0.3) is 0 Å². The van der Waals surface area contributed by atoms with Crippen molar-refractivity contribution in [1.29, 1.82) is 0 Å². The van der Waals surface area contributed by atoms with E-state index in [1.54, 1.807) is 11.9 Å². The Balaban J connectivity index is 2.20. The van der Waals surface area contributed by atoms with Gasteiger partial charge in [-0.05, 0) is 24.3 Å². The lowest BCUT2D eigenvalue weighted by Gasteiger charge is -2.22. The fourth-order valence-corrected chi connectivity index (χ4v) is 2.04. The third-order valence-electron chi connectivity index (χ3n) is 3.40. The van der Waals surface area contributed by atoms with Crippen LogP contribution in [0.15, 0.2) is 12.3 Å².